The smallest absolute Gasteiger partial charge is 0.123 e. The van der Waals surface area contributed by atoms with Gasteiger partial charge in [0.05, 0.1) is 0 Å². The van der Waals surface area contributed by atoms with Gasteiger partial charge < -0.3 is 10.5 Å². The summed E-state index contributed by atoms with van der Waals surface area (Å²) in [6.07, 6.45) is 1.76. The fourth-order valence-electron chi connectivity index (χ4n) is 2.52. The number of phenols is 1. The molecule has 0 unspecified atom stereocenters. The minimum Gasteiger partial charge on any atom is -0.507 e. The summed E-state index contributed by atoms with van der Waals surface area (Å²) < 4.78 is 0. The van der Waals surface area contributed by atoms with Crippen LogP contribution in [-0.4, -0.2) is 12.2 Å². The lowest BCUT2D eigenvalue weighted by Crippen LogP contribution is -2.26. The Hall–Kier alpha value is -1.48. The maximum absolute atomic E-state index is 10.7. The van der Waals surface area contributed by atoms with Gasteiger partial charge in [-0.15, -0.1) is 0 Å². The van der Waals surface area contributed by atoms with E-state index in [0.717, 1.165) is 29.7 Å². The van der Waals surface area contributed by atoms with Crippen LogP contribution in [0.3, 0.4) is 0 Å². The normalized spacial score (nSPS) is 12.3. The number of aromatic hydroxyl groups is 1. The maximum atomic E-state index is 10.7. The molecule has 0 aromatic heterocycles. The van der Waals surface area contributed by atoms with Gasteiger partial charge in [0.15, 0.2) is 0 Å². The molecule has 0 saturated carbocycles. The van der Waals surface area contributed by atoms with E-state index in [1.165, 1.54) is 5.56 Å². The van der Waals surface area contributed by atoms with Crippen molar-refractivity contribution in [1.82, 2.24) is 10.9 Å². The number of hydrogen-bond acceptors (Lipinski definition) is 3. The van der Waals surface area contributed by atoms with E-state index in [9.17, 15) is 5.11 Å². The number of hydrogen-bond donors (Lipinski definition) is 3. The van der Waals surface area contributed by atoms with Crippen LogP contribution in [-0.2, 0) is 17.3 Å². The molecule has 1 aromatic rings. The summed E-state index contributed by atoms with van der Waals surface area (Å²) in [7, 11) is 1.83. The van der Waals surface area contributed by atoms with Crippen LogP contribution < -0.4 is 10.9 Å². The van der Waals surface area contributed by atoms with Crippen LogP contribution in [0.4, 0.5) is 0 Å². The van der Waals surface area contributed by atoms with Crippen molar-refractivity contribution >= 4 is 0 Å². The lowest BCUT2D eigenvalue weighted by molar-refractivity contribution is 0.422. The van der Waals surface area contributed by atoms with Crippen LogP contribution >= 0.6 is 0 Å². The van der Waals surface area contributed by atoms with E-state index in [0.29, 0.717) is 5.75 Å². The fraction of sp³-hybridized carbons (Fsp3) is 0.579. The summed E-state index contributed by atoms with van der Waals surface area (Å²) in [4.78, 5) is 0. The van der Waals surface area contributed by atoms with E-state index in [-0.39, 0.29) is 10.8 Å². The molecule has 0 aliphatic carbocycles. The highest BCUT2D eigenvalue weighted by Crippen LogP contribution is 2.40. The molecule has 1 rings (SSSR count). The number of hydrazine groups is 1. The molecule has 0 fully saturated rings. The molecule has 0 atom stereocenters. The molecule has 0 aliphatic heterocycles. The van der Waals surface area contributed by atoms with Crippen molar-refractivity contribution in [2.24, 2.45) is 0 Å². The van der Waals surface area contributed by atoms with Gasteiger partial charge in [0.2, 0.25) is 0 Å². The van der Waals surface area contributed by atoms with Crippen LogP contribution in [0.5, 0.6) is 5.75 Å². The Kier molecular flexibility index (Phi) is 5.69. The van der Waals surface area contributed by atoms with Gasteiger partial charge in [-0.05, 0) is 40.4 Å². The van der Waals surface area contributed by atoms with Gasteiger partial charge in [-0.1, -0.05) is 60.3 Å². The van der Waals surface area contributed by atoms with Crippen molar-refractivity contribution in [2.75, 3.05) is 7.05 Å². The second-order valence-corrected chi connectivity index (χ2v) is 8.02. The second kappa shape index (κ2) is 6.74. The Morgan fingerprint density at radius 1 is 1.05 bits per heavy atom. The molecule has 0 bridgehead atoms. The number of benzene rings is 1. The Bertz CT molecular complexity index is 498. The quantitative estimate of drug-likeness (QED) is 0.716. The van der Waals surface area contributed by atoms with Crippen LogP contribution in [0.15, 0.2) is 24.4 Å². The summed E-state index contributed by atoms with van der Waals surface area (Å²) in [6.45, 7) is 16.8. The van der Waals surface area contributed by atoms with Crippen LogP contribution in [0.2, 0.25) is 0 Å². The number of nitrogens with one attached hydrogen (secondary N) is 2. The Balaban J connectivity index is 3.21. The Morgan fingerprint density at radius 3 is 1.86 bits per heavy atom. The highest BCUT2D eigenvalue weighted by molar-refractivity contribution is 5.50. The first-order valence-corrected chi connectivity index (χ1v) is 7.94. The molecule has 0 spiro atoms. The molecular formula is C19H32N2O. The van der Waals surface area contributed by atoms with Crippen LogP contribution in [0, 0.1) is 0 Å². The third-order valence-corrected chi connectivity index (χ3v) is 3.80. The molecule has 124 valence electrons. The van der Waals surface area contributed by atoms with Crippen molar-refractivity contribution in [3.63, 3.8) is 0 Å². The van der Waals surface area contributed by atoms with Crippen LogP contribution in [0.25, 0.3) is 0 Å². The van der Waals surface area contributed by atoms with Crippen molar-refractivity contribution < 1.29 is 5.11 Å². The van der Waals surface area contributed by atoms with Gasteiger partial charge in [-0.3, -0.25) is 0 Å². The molecule has 0 saturated heterocycles. The first-order valence-electron chi connectivity index (χ1n) is 7.94. The van der Waals surface area contributed by atoms with E-state index >= 15 is 0 Å². The molecule has 0 heterocycles. The average Bonchev–Trinajstić information content (AvgIpc) is 2.35. The SMILES string of the molecule is C=C(CCc1cc(C(C)(C)C)c(O)c(C(C)(C)C)c1)NNC. The van der Waals surface area contributed by atoms with Crippen molar-refractivity contribution in [1.29, 1.82) is 0 Å². The van der Waals surface area contributed by atoms with Crippen molar-refractivity contribution in [3.05, 3.63) is 41.1 Å². The van der Waals surface area contributed by atoms with Gasteiger partial charge in [-0.2, -0.15) is 0 Å². The molecule has 3 heteroatoms. The molecule has 22 heavy (non-hydrogen) atoms. The predicted molar refractivity (Wildman–Crippen MR) is 95.2 cm³/mol. The minimum atomic E-state index is -0.0830. The summed E-state index contributed by atoms with van der Waals surface area (Å²) in [6, 6.07) is 4.27. The maximum Gasteiger partial charge on any atom is 0.123 e. The Morgan fingerprint density at radius 2 is 1.50 bits per heavy atom. The molecule has 0 amide bonds. The van der Waals surface area contributed by atoms with Crippen molar-refractivity contribution in [2.45, 2.75) is 65.2 Å². The number of aryl methyl sites for hydroxylation is 1. The van der Waals surface area contributed by atoms with E-state index < -0.39 is 0 Å². The standard InChI is InChI=1S/C19H32N2O/c1-13(21-20-8)9-10-14-11-15(18(2,3)4)17(22)16(12-14)19(5,6)7/h11-12,20-22H,1,9-10H2,2-8H3. The van der Waals surface area contributed by atoms with Crippen molar-refractivity contribution in [3.8, 4) is 5.75 Å². The zero-order chi connectivity index (χ0) is 17.1. The lowest BCUT2D eigenvalue weighted by Gasteiger charge is -2.28. The van der Waals surface area contributed by atoms with E-state index in [1.54, 1.807) is 0 Å². The summed E-state index contributed by atoms with van der Waals surface area (Å²) >= 11 is 0. The number of rotatable bonds is 5. The van der Waals surface area contributed by atoms with E-state index in [1.807, 2.05) is 7.05 Å². The zero-order valence-corrected chi connectivity index (χ0v) is 15.2. The summed E-state index contributed by atoms with van der Waals surface area (Å²) in [5.41, 5.74) is 9.99. The largest absolute Gasteiger partial charge is 0.507 e. The molecule has 3 N–H and O–H groups in total. The van der Waals surface area contributed by atoms with Gasteiger partial charge >= 0.3 is 0 Å². The van der Waals surface area contributed by atoms with Gasteiger partial charge in [0, 0.05) is 12.7 Å². The topological polar surface area (TPSA) is 44.3 Å². The van der Waals surface area contributed by atoms with Gasteiger partial charge in [-0.25, -0.2) is 5.43 Å². The lowest BCUT2D eigenvalue weighted by atomic mass is 9.78. The van der Waals surface area contributed by atoms with Crippen LogP contribution in [0.1, 0.15) is 64.7 Å². The molecule has 0 aliphatic rings. The Labute approximate surface area is 135 Å². The van der Waals surface area contributed by atoms with Gasteiger partial charge in [0.1, 0.15) is 5.75 Å². The second-order valence-electron chi connectivity index (χ2n) is 8.02. The molecular weight excluding hydrogens is 272 g/mol. The zero-order valence-electron chi connectivity index (χ0n) is 15.2. The van der Waals surface area contributed by atoms with E-state index in [4.69, 9.17) is 0 Å². The molecule has 3 nitrogen and oxygen atoms in total. The fourth-order valence-corrected chi connectivity index (χ4v) is 2.52. The van der Waals surface area contributed by atoms with E-state index in [2.05, 4.69) is 71.1 Å². The summed E-state index contributed by atoms with van der Waals surface area (Å²) in [5, 5.41) is 10.7. The molecule has 1 aromatic carbocycles. The predicted octanol–water partition coefficient (Wildman–Crippen LogP) is 4.16. The number of allylic oxidation sites excluding steroid dienone is 1. The highest BCUT2D eigenvalue weighted by atomic mass is 16.3. The average molecular weight is 304 g/mol. The first-order chi connectivity index (χ1) is 9.96. The third kappa shape index (κ3) is 4.77. The first kappa shape index (κ1) is 18.6. The minimum absolute atomic E-state index is 0.0830. The summed E-state index contributed by atoms with van der Waals surface area (Å²) in [5.74, 6) is 0.441. The molecule has 0 radical (unpaired) electrons. The third-order valence-electron chi connectivity index (χ3n) is 3.80. The number of phenolic OH excluding ortho intramolecular Hbond substituents is 1. The van der Waals surface area contributed by atoms with Gasteiger partial charge in [0.25, 0.3) is 0 Å². The monoisotopic (exact) mass is 304 g/mol. The highest BCUT2D eigenvalue weighted by Gasteiger charge is 2.26.